The number of carbonyl (C=O) groups is 1. The fourth-order valence-corrected chi connectivity index (χ4v) is 3.96. The van der Waals surface area contributed by atoms with E-state index < -0.39 is 0 Å². The maximum absolute atomic E-state index is 9.31. The highest BCUT2D eigenvalue weighted by Gasteiger charge is 2.08. The maximum Gasteiger partial charge on any atom is 0.223 e. The summed E-state index contributed by atoms with van der Waals surface area (Å²) in [6.45, 7) is 2.24. The smallest absolute Gasteiger partial charge is 0.223 e. The molecular weight excluding hydrogens is 326 g/mol. The molecule has 126 valence electrons. The van der Waals surface area contributed by atoms with Gasteiger partial charge in [-0.3, -0.25) is 9.80 Å². The van der Waals surface area contributed by atoms with Crippen LogP contribution < -0.4 is 11.2 Å². The number of hydrazine groups is 1. The van der Waals surface area contributed by atoms with E-state index in [0.717, 1.165) is 17.2 Å². The number of amides is 1. The number of rotatable bonds is 7. The third kappa shape index (κ3) is 7.07. The second-order valence-corrected chi connectivity index (χ2v) is 6.95. The molecule has 0 aliphatic heterocycles. The number of nitrogens with zero attached hydrogens (tertiary/aromatic N) is 1. The summed E-state index contributed by atoms with van der Waals surface area (Å²) in [5.41, 5.74) is 2.72. The van der Waals surface area contributed by atoms with Crippen molar-refractivity contribution in [1.29, 1.82) is 0 Å². The van der Waals surface area contributed by atoms with Gasteiger partial charge in [0.1, 0.15) is 0 Å². The SMILES string of the molecule is CCCc1cccc(NC)c1SCc1cccs1.CN(N)C=O. The molecule has 6 heteroatoms. The fourth-order valence-electron chi connectivity index (χ4n) is 1.96. The Morgan fingerprint density at radius 1 is 1.35 bits per heavy atom. The van der Waals surface area contributed by atoms with Crippen LogP contribution in [0.4, 0.5) is 5.69 Å². The van der Waals surface area contributed by atoms with Crippen molar-refractivity contribution in [3.63, 3.8) is 0 Å². The van der Waals surface area contributed by atoms with Crippen LogP contribution in [0.15, 0.2) is 40.6 Å². The quantitative estimate of drug-likeness (QED) is 0.260. The summed E-state index contributed by atoms with van der Waals surface area (Å²) in [4.78, 5) is 12.2. The lowest BCUT2D eigenvalue weighted by atomic mass is 10.1. The number of carbonyl (C=O) groups excluding carboxylic acids is 1. The van der Waals surface area contributed by atoms with Crippen LogP contribution in [0.1, 0.15) is 23.8 Å². The largest absolute Gasteiger partial charge is 0.387 e. The summed E-state index contributed by atoms with van der Waals surface area (Å²) in [5.74, 6) is 5.82. The number of thioether (sulfide) groups is 1. The Balaban J connectivity index is 0.000000463. The van der Waals surface area contributed by atoms with Gasteiger partial charge in [-0.05, 0) is 29.5 Å². The first-order chi connectivity index (χ1) is 11.1. The van der Waals surface area contributed by atoms with Gasteiger partial charge in [0.2, 0.25) is 6.41 Å². The van der Waals surface area contributed by atoms with Gasteiger partial charge in [0.05, 0.1) is 0 Å². The van der Waals surface area contributed by atoms with Crippen molar-refractivity contribution >= 4 is 35.2 Å². The zero-order valence-corrected chi connectivity index (χ0v) is 15.5. The molecule has 0 unspecified atom stereocenters. The van der Waals surface area contributed by atoms with Crippen molar-refractivity contribution in [2.24, 2.45) is 5.84 Å². The molecule has 2 aromatic rings. The molecule has 0 saturated heterocycles. The number of hydrogen-bond acceptors (Lipinski definition) is 5. The Morgan fingerprint density at radius 2 is 2.09 bits per heavy atom. The fraction of sp³-hybridized carbons (Fsp3) is 0.353. The lowest BCUT2D eigenvalue weighted by molar-refractivity contribution is -0.117. The molecule has 3 N–H and O–H groups in total. The summed E-state index contributed by atoms with van der Waals surface area (Å²) in [7, 11) is 3.47. The molecule has 4 nitrogen and oxygen atoms in total. The van der Waals surface area contributed by atoms with E-state index in [0.29, 0.717) is 6.41 Å². The third-order valence-electron chi connectivity index (χ3n) is 2.99. The summed E-state index contributed by atoms with van der Waals surface area (Å²) in [6.07, 6.45) is 2.88. The van der Waals surface area contributed by atoms with Gasteiger partial charge in [-0.2, -0.15) is 0 Å². The van der Waals surface area contributed by atoms with Gasteiger partial charge in [-0.1, -0.05) is 31.5 Å². The van der Waals surface area contributed by atoms with Crippen LogP contribution in [0.5, 0.6) is 0 Å². The van der Waals surface area contributed by atoms with E-state index in [1.165, 1.54) is 34.5 Å². The van der Waals surface area contributed by atoms with E-state index >= 15 is 0 Å². The summed E-state index contributed by atoms with van der Waals surface area (Å²) in [5, 5.41) is 6.40. The Morgan fingerprint density at radius 3 is 2.61 bits per heavy atom. The molecule has 0 aliphatic carbocycles. The van der Waals surface area contributed by atoms with E-state index in [2.05, 4.69) is 48.0 Å². The first kappa shape index (κ1) is 19.5. The zero-order chi connectivity index (χ0) is 17.1. The Labute approximate surface area is 147 Å². The molecule has 1 aromatic heterocycles. The zero-order valence-electron chi connectivity index (χ0n) is 13.9. The molecule has 0 saturated carbocycles. The number of thiophene rings is 1. The molecule has 23 heavy (non-hydrogen) atoms. The van der Waals surface area contributed by atoms with Crippen LogP contribution >= 0.6 is 23.1 Å². The third-order valence-corrected chi connectivity index (χ3v) is 5.28. The summed E-state index contributed by atoms with van der Waals surface area (Å²) in [6, 6.07) is 10.9. The van der Waals surface area contributed by atoms with E-state index in [-0.39, 0.29) is 0 Å². The molecule has 2 rings (SSSR count). The minimum Gasteiger partial charge on any atom is -0.387 e. The predicted octanol–water partition coefficient (Wildman–Crippen LogP) is 3.98. The van der Waals surface area contributed by atoms with Gasteiger partial charge in [-0.15, -0.1) is 23.1 Å². The van der Waals surface area contributed by atoms with Crippen LogP contribution in [0.25, 0.3) is 0 Å². The highest BCUT2D eigenvalue weighted by atomic mass is 32.2. The second-order valence-electron chi connectivity index (χ2n) is 4.93. The average Bonchev–Trinajstić information content (AvgIpc) is 3.07. The summed E-state index contributed by atoms with van der Waals surface area (Å²) < 4.78 is 0. The number of nitrogens with two attached hydrogens (primary N) is 1. The summed E-state index contributed by atoms with van der Waals surface area (Å²) >= 11 is 3.78. The Hall–Kier alpha value is -1.50. The topological polar surface area (TPSA) is 58.4 Å². The van der Waals surface area contributed by atoms with Gasteiger partial charge in [0.25, 0.3) is 0 Å². The van der Waals surface area contributed by atoms with E-state index in [1.54, 1.807) is 0 Å². The second kappa shape index (κ2) is 11.1. The maximum atomic E-state index is 9.31. The van der Waals surface area contributed by atoms with E-state index in [9.17, 15) is 4.79 Å². The van der Waals surface area contributed by atoms with Crippen LogP contribution in [-0.2, 0) is 17.0 Å². The molecule has 1 aromatic carbocycles. The molecule has 1 heterocycles. The number of benzene rings is 1. The van der Waals surface area contributed by atoms with Crippen molar-refractivity contribution in [3.05, 3.63) is 46.2 Å². The number of aryl methyl sites for hydroxylation is 1. The lowest BCUT2D eigenvalue weighted by Crippen LogP contribution is -2.23. The van der Waals surface area contributed by atoms with E-state index in [4.69, 9.17) is 5.84 Å². The average molecular weight is 352 g/mol. The minimum atomic E-state index is 0.528. The first-order valence-corrected chi connectivity index (χ1v) is 9.36. The Bertz CT molecular complexity index is 571. The molecule has 0 spiro atoms. The van der Waals surface area contributed by atoms with Gasteiger partial charge in [0, 0.05) is 35.3 Å². The minimum absolute atomic E-state index is 0.528. The van der Waals surface area contributed by atoms with Crippen molar-refractivity contribution in [3.8, 4) is 0 Å². The predicted molar refractivity (Wildman–Crippen MR) is 102 cm³/mol. The normalized spacial score (nSPS) is 9.74. The van der Waals surface area contributed by atoms with Crippen molar-refractivity contribution in [1.82, 2.24) is 5.01 Å². The van der Waals surface area contributed by atoms with Gasteiger partial charge < -0.3 is 5.32 Å². The van der Waals surface area contributed by atoms with Crippen molar-refractivity contribution in [2.45, 2.75) is 30.4 Å². The van der Waals surface area contributed by atoms with Crippen molar-refractivity contribution in [2.75, 3.05) is 19.4 Å². The monoisotopic (exact) mass is 351 g/mol. The molecule has 1 amide bonds. The highest BCUT2D eigenvalue weighted by Crippen LogP contribution is 2.34. The first-order valence-electron chi connectivity index (χ1n) is 7.50. The van der Waals surface area contributed by atoms with Gasteiger partial charge in [-0.25, -0.2) is 5.84 Å². The molecule has 0 fully saturated rings. The molecule has 0 aliphatic rings. The van der Waals surface area contributed by atoms with Gasteiger partial charge >= 0.3 is 0 Å². The number of anilines is 1. The highest BCUT2D eigenvalue weighted by molar-refractivity contribution is 7.98. The van der Waals surface area contributed by atoms with Crippen LogP contribution in [0, 0.1) is 0 Å². The Kier molecular flexibility index (Phi) is 9.43. The molecule has 0 radical (unpaired) electrons. The number of hydrogen-bond donors (Lipinski definition) is 2. The number of nitrogens with one attached hydrogen (secondary N) is 1. The van der Waals surface area contributed by atoms with Gasteiger partial charge in [0.15, 0.2) is 0 Å². The molecule has 0 atom stereocenters. The van der Waals surface area contributed by atoms with Crippen LogP contribution in [0.2, 0.25) is 0 Å². The van der Waals surface area contributed by atoms with Crippen LogP contribution in [-0.4, -0.2) is 25.5 Å². The standard InChI is InChI=1S/C15H19NS2.C2H6N2O/c1-3-6-12-7-4-9-14(16-2)15(12)18-11-13-8-5-10-17-13;1-4(3)2-5/h4-5,7-10,16H,3,6,11H2,1-2H3;2H,3H2,1H3. The molecule has 0 bridgehead atoms. The van der Waals surface area contributed by atoms with Crippen molar-refractivity contribution < 1.29 is 4.79 Å². The lowest BCUT2D eigenvalue weighted by Gasteiger charge is -2.13. The van der Waals surface area contributed by atoms with Crippen LogP contribution in [0.3, 0.4) is 0 Å². The van der Waals surface area contributed by atoms with E-state index in [1.807, 2.05) is 30.1 Å². The molecular formula is C17H25N3OS2.